The lowest BCUT2D eigenvalue weighted by atomic mass is 10.0. The number of carbonyl (C=O) groups is 1. The minimum Gasteiger partial charge on any atom is -0.321 e. The van der Waals surface area contributed by atoms with Crippen molar-refractivity contribution in [3.63, 3.8) is 0 Å². The van der Waals surface area contributed by atoms with Gasteiger partial charge in [0.1, 0.15) is 5.69 Å². The molecule has 162 valence electrons. The van der Waals surface area contributed by atoms with Crippen molar-refractivity contribution >= 4 is 27.3 Å². The lowest BCUT2D eigenvalue weighted by molar-refractivity contribution is 0.101. The van der Waals surface area contributed by atoms with Gasteiger partial charge in [-0.1, -0.05) is 38.1 Å². The Balaban J connectivity index is 1.73. The van der Waals surface area contributed by atoms with Crippen LogP contribution in [0.25, 0.3) is 0 Å². The monoisotopic (exact) mass is 439 g/mol. The van der Waals surface area contributed by atoms with Crippen molar-refractivity contribution in [3.05, 3.63) is 77.6 Å². The molecular weight excluding hydrogens is 414 g/mol. The molecule has 0 saturated heterocycles. The highest BCUT2D eigenvalue weighted by Gasteiger charge is 2.14. The number of carbonyl (C=O) groups excluding carboxylic acids is 1. The minimum absolute atomic E-state index is 0.144. The Hall–Kier alpha value is -3.46. The molecule has 9 heteroatoms. The molecule has 8 nitrogen and oxygen atoms in total. The van der Waals surface area contributed by atoms with Gasteiger partial charge in [0.25, 0.3) is 15.9 Å². The first-order chi connectivity index (χ1) is 14.7. The van der Waals surface area contributed by atoms with Gasteiger partial charge in [-0.15, -0.1) is 0 Å². The van der Waals surface area contributed by atoms with E-state index in [1.54, 1.807) is 74.8 Å². The van der Waals surface area contributed by atoms with E-state index in [2.05, 4.69) is 20.3 Å². The van der Waals surface area contributed by atoms with Crippen LogP contribution in [-0.4, -0.2) is 29.8 Å². The molecule has 0 bridgehead atoms. The van der Waals surface area contributed by atoms with Crippen molar-refractivity contribution in [3.8, 4) is 0 Å². The third-order valence-corrected chi connectivity index (χ3v) is 6.01. The number of hydrazone groups is 1. The van der Waals surface area contributed by atoms with Crippen LogP contribution in [0.3, 0.4) is 0 Å². The van der Waals surface area contributed by atoms with Crippen molar-refractivity contribution < 1.29 is 13.2 Å². The fraction of sp³-hybridized carbons (Fsp3) is 0.227. The molecule has 0 unspecified atom stereocenters. The van der Waals surface area contributed by atoms with Gasteiger partial charge >= 0.3 is 0 Å². The van der Waals surface area contributed by atoms with E-state index >= 15 is 0 Å². The number of amides is 1. The number of aromatic nitrogens is 2. The normalized spacial score (nSPS) is 12.1. The number of nitrogens with zero attached hydrogens (tertiary/aromatic N) is 3. The van der Waals surface area contributed by atoms with Gasteiger partial charge in [0.05, 0.1) is 10.6 Å². The van der Waals surface area contributed by atoms with Gasteiger partial charge in [-0.05, 0) is 54.3 Å². The Kier molecular flexibility index (Phi) is 6.55. The van der Waals surface area contributed by atoms with Crippen molar-refractivity contribution in [1.82, 2.24) is 14.6 Å². The molecule has 0 atom stereocenters. The summed E-state index contributed by atoms with van der Waals surface area (Å²) in [6.07, 6.45) is 1.55. The van der Waals surface area contributed by atoms with Crippen molar-refractivity contribution in [2.24, 2.45) is 12.1 Å². The summed E-state index contributed by atoms with van der Waals surface area (Å²) in [6.45, 7) is 5.78. The molecule has 1 heterocycles. The minimum atomic E-state index is -3.79. The largest absolute Gasteiger partial charge is 0.321 e. The summed E-state index contributed by atoms with van der Waals surface area (Å²) in [6, 6.07) is 15.3. The van der Waals surface area contributed by atoms with Crippen LogP contribution in [-0.2, 0) is 17.1 Å². The molecule has 0 radical (unpaired) electrons. The summed E-state index contributed by atoms with van der Waals surface area (Å²) in [4.78, 5) is 14.8. The van der Waals surface area contributed by atoms with E-state index in [0.29, 0.717) is 28.6 Å². The van der Waals surface area contributed by atoms with Crippen LogP contribution >= 0.6 is 0 Å². The Morgan fingerprint density at radius 3 is 2.42 bits per heavy atom. The lowest BCUT2D eigenvalue weighted by Gasteiger charge is -2.09. The molecule has 0 spiro atoms. The molecule has 0 fully saturated rings. The standard InChI is InChI=1S/C22H25N5O3S/c1-15(2)17-8-10-20(11-9-17)31(29,30)26-25-16(3)18-6-5-7-19(14-18)24-22(28)21-12-13-23-27(21)4/h5-15,26H,1-4H3,(H,24,28)/b25-16+. The molecule has 0 aliphatic heterocycles. The summed E-state index contributed by atoms with van der Waals surface area (Å²) in [7, 11) is -2.10. The van der Waals surface area contributed by atoms with Crippen LogP contribution in [0.5, 0.6) is 0 Å². The number of anilines is 1. The predicted octanol–water partition coefficient (Wildman–Crippen LogP) is 3.50. The number of sulfonamides is 1. The van der Waals surface area contributed by atoms with E-state index in [0.717, 1.165) is 5.56 Å². The third-order valence-electron chi connectivity index (χ3n) is 4.78. The van der Waals surface area contributed by atoms with Gasteiger partial charge in [-0.2, -0.15) is 23.4 Å². The molecule has 2 aromatic carbocycles. The highest BCUT2D eigenvalue weighted by Crippen LogP contribution is 2.18. The summed E-state index contributed by atoms with van der Waals surface area (Å²) in [5, 5.41) is 10.8. The van der Waals surface area contributed by atoms with Gasteiger partial charge in [0, 0.05) is 18.9 Å². The molecule has 0 aliphatic carbocycles. The van der Waals surface area contributed by atoms with Crippen molar-refractivity contribution in [2.75, 3.05) is 5.32 Å². The zero-order valence-electron chi connectivity index (χ0n) is 17.8. The van der Waals surface area contributed by atoms with Crippen LogP contribution < -0.4 is 10.1 Å². The maximum Gasteiger partial charge on any atom is 0.276 e. The molecule has 1 amide bonds. The van der Waals surface area contributed by atoms with Gasteiger partial charge in [-0.25, -0.2) is 0 Å². The second-order valence-electron chi connectivity index (χ2n) is 7.39. The number of aryl methyl sites for hydroxylation is 1. The van der Waals surface area contributed by atoms with E-state index in [1.165, 1.54) is 4.68 Å². The number of hydrogen-bond acceptors (Lipinski definition) is 5. The topological polar surface area (TPSA) is 105 Å². The molecule has 0 aliphatic rings. The Morgan fingerprint density at radius 2 is 1.81 bits per heavy atom. The van der Waals surface area contributed by atoms with Gasteiger partial charge in [-0.3, -0.25) is 9.48 Å². The number of benzene rings is 2. The number of hydrogen-bond donors (Lipinski definition) is 2. The van der Waals surface area contributed by atoms with E-state index in [1.807, 2.05) is 13.8 Å². The van der Waals surface area contributed by atoms with Crippen LogP contribution in [0.15, 0.2) is 70.8 Å². The summed E-state index contributed by atoms with van der Waals surface area (Å²) in [5.74, 6) is 0.0212. The Bertz CT molecular complexity index is 1210. The average molecular weight is 440 g/mol. The molecule has 1 aromatic heterocycles. The molecule has 0 saturated carbocycles. The first-order valence-corrected chi connectivity index (χ1v) is 11.2. The van der Waals surface area contributed by atoms with Gasteiger partial charge in [0.2, 0.25) is 0 Å². The van der Waals surface area contributed by atoms with Crippen LogP contribution in [0.4, 0.5) is 5.69 Å². The smallest absolute Gasteiger partial charge is 0.276 e. The average Bonchev–Trinajstić information content (AvgIpc) is 3.18. The Morgan fingerprint density at radius 1 is 1.10 bits per heavy atom. The highest BCUT2D eigenvalue weighted by molar-refractivity contribution is 7.89. The van der Waals surface area contributed by atoms with E-state index in [-0.39, 0.29) is 10.8 Å². The van der Waals surface area contributed by atoms with Gasteiger partial charge in [0.15, 0.2) is 0 Å². The first-order valence-electron chi connectivity index (χ1n) is 9.73. The zero-order valence-corrected chi connectivity index (χ0v) is 18.6. The summed E-state index contributed by atoms with van der Waals surface area (Å²) >= 11 is 0. The van der Waals surface area contributed by atoms with Crippen LogP contribution in [0.1, 0.15) is 48.3 Å². The van der Waals surface area contributed by atoms with Crippen LogP contribution in [0, 0.1) is 0 Å². The quantitative estimate of drug-likeness (QED) is 0.434. The van der Waals surface area contributed by atoms with Crippen molar-refractivity contribution in [1.29, 1.82) is 0 Å². The third kappa shape index (κ3) is 5.37. The zero-order chi connectivity index (χ0) is 22.6. The Labute approximate surface area is 182 Å². The molecule has 3 aromatic rings. The van der Waals surface area contributed by atoms with E-state index in [9.17, 15) is 13.2 Å². The molecular formula is C22H25N5O3S. The summed E-state index contributed by atoms with van der Waals surface area (Å²) < 4.78 is 26.6. The number of rotatable bonds is 7. The van der Waals surface area contributed by atoms with Gasteiger partial charge < -0.3 is 5.32 Å². The van der Waals surface area contributed by atoms with Crippen LogP contribution in [0.2, 0.25) is 0 Å². The number of nitrogens with one attached hydrogen (secondary N) is 2. The maximum absolute atomic E-state index is 12.5. The second-order valence-corrected chi connectivity index (χ2v) is 9.05. The second kappa shape index (κ2) is 9.13. The van der Waals surface area contributed by atoms with E-state index in [4.69, 9.17) is 0 Å². The molecule has 3 rings (SSSR count). The molecule has 31 heavy (non-hydrogen) atoms. The van der Waals surface area contributed by atoms with Crippen molar-refractivity contribution in [2.45, 2.75) is 31.6 Å². The fourth-order valence-electron chi connectivity index (χ4n) is 2.89. The lowest BCUT2D eigenvalue weighted by Crippen LogP contribution is -2.20. The first kappa shape index (κ1) is 22.2. The maximum atomic E-state index is 12.5. The highest BCUT2D eigenvalue weighted by atomic mass is 32.2. The SMILES string of the molecule is C/C(=N\NS(=O)(=O)c1ccc(C(C)C)cc1)c1cccc(NC(=O)c2ccnn2C)c1. The van der Waals surface area contributed by atoms with E-state index < -0.39 is 10.0 Å². The molecule has 2 N–H and O–H groups in total. The predicted molar refractivity (Wildman–Crippen MR) is 121 cm³/mol. The summed E-state index contributed by atoms with van der Waals surface area (Å²) in [5.41, 5.74) is 3.17. The fourth-order valence-corrected chi connectivity index (χ4v) is 3.75.